The van der Waals surface area contributed by atoms with Crippen molar-refractivity contribution in [3.05, 3.63) is 29.7 Å². The average molecular weight is 317 g/mol. The predicted octanol–water partition coefficient (Wildman–Crippen LogP) is 2.82. The predicted molar refractivity (Wildman–Crippen MR) is 83.9 cm³/mol. The number of rotatable bonds is 5. The Morgan fingerprint density at radius 3 is 2.87 bits per heavy atom. The van der Waals surface area contributed by atoms with Gasteiger partial charge in [0.2, 0.25) is 0 Å². The van der Waals surface area contributed by atoms with Crippen LogP contribution in [0.3, 0.4) is 0 Å². The lowest BCUT2D eigenvalue weighted by Gasteiger charge is -2.23. The van der Waals surface area contributed by atoms with E-state index in [9.17, 15) is 4.79 Å². The van der Waals surface area contributed by atoms with E-state index in [1.807, 2.05) is 13.8 Å². The Morgan fingerprint density at radius 2 is 2.17 bits per heavy atom. The topological polar surface area (TPSA) is 85.8 Å². The molecule has 0 bridgehead atoms. The Labute approximate surface area is 135 Å². The van der Waals surface area contributed by atoms with Crippen LogP contribution in [-0.4, -0.2) is 25.8 Å². The van der Waals surface area contributed by atoms with Crippen molar-refractivity contribution < 1.29 is 9.32 Å². The quantitative estimate of drug-likeness (QED) is 0.916. The third kappa shape index (κ3) is 3.60. The number of hydrogen-bond acceptors (Lipinski definition) is 5. The molecular formula is C16H23N5O2. The van der Waals surface area contributed by atoms with Crippen molar-refractivity contribution in [2.24, 2.45) is 0 Å². The molecule has 1 aliphatic carbocycles. The van der Waals surface area contributed by atoms with Crippen molar-refractivity contribution >= 4 is 5.91 Å². The van der Waals surface area contributed by atoms with E-state index in [-0.39, 0.29) is 11.8 Å². The molecule has 0 aromatic carbocycles. The zero-order valence-corrected chi connectivity index (χ0v) is 13.7. The molecule has 124 valence electrons. The highest BCUT2D eigenvalue weighted by Crippen LogP contribution is 2.28. The van der Waals surface area contributed by atoms with Gasteiger partial charge in [-0.25, -0.2) is 0 Å². The Balaban J connectivity index is 1.61. The molecule has 1 aliphatic rings. The van der Waals surface area contributed by atoms with Gasteiger partial charge >= 0.3 is 0 Å². The third-order valence-electron chi connectivity index (χ3n) is 4.35. The summed E-state index contributed by atoms with van der Waals surface area (Å²) < 4.78 is 7.26. The fourth-order valence-corrected chi connectivity index (χ4v) is 2.98. The summed E-state index contributed by atoms with van der Waals surface area (Å²) in [6, 6.07) is 2.14. The molecule has 7 heteroatoms. The zero-order chi connectivity index (χ0) is 16.2. The van der Waals surface area contributed by atoms with Crippen LogP contribution in [0, 0.1) is 0 Å². The average Bonchev–Trinajstić information content (AvgIpc) is 3.22. The molecule has 0 saturated heterocycles. The summed E-state index contributed by atoms with van der Waals surface area (Å²) in [5.41, 5.74) is 0.303. The van der Waals surface area contributed by atoms with Gasteiger partial charge in [0.1, 0.15) is 12.1 Å². The minimum absolute atomic E-state index is 0.207. The second-order valence-electron chi connectivity index (χ2n) is 6.40. The first-order valence-electron chi connectivity index (χ1n) is 8.28. The van der Waals surface area contributed by atoms with E-state index in [1.54, 1.807) is 12.4 Å². The number of nitrogens with zero attached hydrogens (tertiary/aromatic N) is 4. The lowest BCUT2D eigenvalue weighted by atomic mass is 9.95. The van der Waals surface area contributed by atoms with E-state index in [2.05, 4.69) is 25.2 Å². The molecule has 1 N–H and O–H groups in total. The van der Waals surface area contributed by atoms with Gasteiger partial charge in [0, 0.05) is 18.0 Å². The molecule has 0 unspecified atom stereocenters. The fourth-order valence-electron chi connectivity index (χ4n) is 2.98. The van der Waals surface area contributed by atoms with E-state index in [1.165, 1.54) is 19.3 Å². The number of amides is 1. The molecule has 2 aromatic rings. The van der Waals surface area contributed by atoms with E-state index in [4.69, 9.17) is 4.52 Å². The fraction of sp³-hybridized carbons (Fsp3) is 0.625. The van der Waals surface area contributed by atoms with Crippen molar-refractivity contribution in [3.8, 4) is 0 Å². The minimum atomic E-state index is -0.251. The standard InChI is InChI=1S/C16H23N5O2/c1-11(2)14-8-13(20-23-14)16(22)17-9-15-19-18-10-21(15)12-6-4-3-5-7-12/h8,10-12H,3-7,9H2,1-2H3,(H,17,22). The largest absolute Gasteiger partial charge is 0.360 e. The van der Waals surface area contributed by atoms with Gasteiger partial charge in [0.05, 0.1) is 6.54 Å². The van der Waals surface area contributed by atoms with Crippen molar-refractivity contribution in [1.29, 1.82) is 0 Å². The summed E-state index contributed by atoms with van der Waals surface area (Å²) >= 11 is 0. The summed E-state index contributed by atoms with van der Waals surface area (Å²) in [7, 11) is 0. The number of carbonyl (C=O) groups excluding carboxylic acids is 1. The highest BCUT2D eigenvalue weighted by Gasteiger charge is 2.19. The maximum absolute atomic E-state index is 12.2. The zero-order valence-electron chi connectivity index (χ0n) is 13.7. The SMILES string of the molecule is CC(C)c1cc(C(=O)NCc2nncn2C2CCCCC2)no1. The molecule has 1 amide bonds. The van der Waals surface area contributed by atoms with Crippen LogP contribution in [0.2, 0.25) is 0 Å². The maximum Gasteiger partial charge on any atom is 0.273 e. The molecule has 2 aromatic heterocycles. The first kappa shape index (κ1) is 15.7. The molecule has 0 spiro atoms. The number of nitrogens with one attached hydrogen (secondary N) is 1. The number of hydrogen-bond donors (Lipinski definition) is 1. The molecular weight excluding hydrogens is 294 g/mol. The molecule has 23 heavy (non-hydrogen) atoms. The molecule has 0 aliphatic heterocycles. The van der Waals surface area contributed by atoms with Gasteiger partial charge < -0.3 is 14.4 Å². The monoisotopic (exact) mass is 317 g/mol. The van der Waals surface area contributed by atoms with Gasteiger partial charge in [-0.2, -0.15) is 0 Å². The molecule has 1 fully saturated rings. The first-order chi connectivity index (χ1) is 11.1. The van der Waals surface area contributed by atoms with Gasteiger partial charge in [-0.05, 0) is 12.8 Å². The van der Waals surface area contributed by atoms with E-state index in [0.717, 1.165) is 18.7 Å². The molecule has 3 rings (SSSR count). The van der Waals surface area contributed by atoms with Crippen LogP contribution >= 0.6 is 0 Å². The summed E-state index contributed by atoms with van der Waals surface area (Å²) in [6.07, 6.45) is 7.86. The Kier molecular flexibility index (Phi) is 4.73. The molecule has 2 heterocycles. The van der Waals surface area contributed by atoms with Gasteiger partial charge in [0.25, 0.3) is 5.91 Å². The number of aromatic nitrogens is 4. The third-order valence-corrected chi connectivity index (χ3v) is 4.35. The normalized spacial score (nSPS) is 16.0. The molecule has 0 atom stereocenters. The van der Waals surface area contributed by atoms with Gasteiger partial charge in [-0.3, -0.25) is 4.79 Å². The van der Waals surface area contributed by atoms with E-state index >= 15 is 0 Å². The van der Waals surface area contributed by atoms with Crippen LogP contribution in [0.15, 0.2) is 16.9 Å². The number of carbonyl (C=O) groups is 1. The van der Waals surface area contributed by atoms with Crippen LogP contribution in [0.25, 0.3) is 0 Å². The van der Waals surface area contributed by atoms with Crippen LogP contribution in [0.4, 0.5) is 0 Å². The molecule has 7 nitrogen and oxygen atoms in total. The summed E-state index contributed by atoms with van der Waals surface area (Å²) in [5, 5.41) is 14.8. The Hall–Kier alpha value is -2.18. The van der Waals surface area contributed by atoms with Gasteiger partial charge in [-0.15, -0.1) is 10.2 Å². The molecule has 1 saturated carbocycles. The summed E-state index contributed by atoms with van der Waals surface area (Å²) in [6.45, 7) is 4.34. The lowest BCUT2D eigenvalue weighted by molar-refractivity contribution is 0.0939. The van der Waals surface area contributed by atoms with Crippen molar-refractivity contribution in [2.75, 3.05) is 0 Å². The van der Waals surface area contributed by atoms with Crippen molar-refractivity contribution in [3.63, 3.8) is 0 Å². The molecule has 0 radical (unpaired) electrons. The van der Waals surface area contributed by atoms with Crippen LogP contribution in [-0.2, 0) is 6.54 Å². The maximum atomic E-state index is 12.2. The second-order valence-corrected chi connectivity index (χ2v) is 6.40. The van der Waals surface area contributed by atoms with Crippen molar-refractivity contribution in [1.82, 2.24) is 25.2 Å². The highest BCUT2D eigenvalue weighted by atomic mass is 16.5. The van der Waals surface area contributed by atoms with Gasteiger partial charge in [-0.1, -0.05) is 38.3 Å². The summed E-state index contributed by atoms with van der Waals surface area (Å²) in [5.74, 6) is 1.45. The van der Waals surface area contributed by atoms with Crippen molar-refractivity contribution in [2.45, 2.75) is 64.5 Å². The van der Waals surface area contributed by atoms with Crippen LogP contribution < -0.4 is 5.32 Å². The highest BCUT2D eigenvalue weighted by molar-refractivity contribution is 5.92. The summed E-state index contributed by atoms with van der Waals surface area (Å²) in [4.78, 5) is 12.2. The smallest absolute Gasteiger partial charge is 0.273 e. The Bertz CT molecular complexity index is 655. The Morgan fingerprint density at radius 1 is 1.39 bits per heavy atom. The van der Waals surface area contributed by atoms with Gasteiger partial charge in [0.15, 0.2) is 11.5 Å². The van der Waals surface area contributed by atoms with E-state index < -0.39 is 0 Å². The first-order valence-corrected chi connectivity index (χ1v) is 8.28. The van der Waals surface area contributed by atoms with E-state index in [0.29, 0.717) is 24.0 Å². The second kappa shape index (κ2) is 6.93. The van der Waals surface area contributed by atoms with Crippen LogP contribution in [0.5, 0.6) is 0 Å². The lowest BCUT2D eigenvalue weighted by Crippen LogP contribution is -2.26. The van der Waals surface area contributed by atoms with Crippen LogP contribution in [0.1, 0.15) is 80.0 Å². The minimum Gasteiger partial charge on any atom is -0.360 e.